The third-order valence-electron chi connectivity index (χ3n) is 3.46. The van der Waals surface area contributed by atoms with Crippen LogP contribution in [-0.4, -0.2) is 32.9 Å². The Morgan fingerprint density at radius 1 is 1.30 bits per heavy atom. The molecule has 3 aromatic rings. The Morgan fingerprint density at radius 2 is 2.09 bits per heavy atom. The lowest BCUT2D eigenvalue weighted by atomic mass is 10.1. The van der Waals surface area contributed by atoms with Gasteiger partial charge in [-0.15, -0.1) is 0 Å². The molecule has 0 radical (unpaired) electrons. The van der Waals surface area contributed by atoms with Crippen molar-refractivity contribution in [2.75, 3.05) is 13.4 Å². The van der Waals surface area contributed by atoms with E-state index in [-0.39, 0.29) is 16.5 Å². The van der Waals surface area contributed by atoms with E-state index in [0.717, 1.165) is 5.56 Å². The van der Waals surface area contributed by atoms with Gasteiger partial charge in [-0.05, 0) is 36.9 Å². The van der Waals surface area contributed by atoms with E-state index in [1.807, 2.05) is 19.2 Å². The fourth-order valence-corrected chi connectivity index (χ4v) is 2.89. The smallest absolute Gasteiger partial charge is 0.270 e. The zero-order valence-corrected chi connectivity index (χ0v) is 14.3. The quantitative estimate of drug-likeness (QED) is 0.535. The molecule has 118 valence electrons. The Hall–Kier alpha value is -2.12. The van der Waals surface area contributed by atoms with Crippen molar-refractivity contribution >= 4 is 34.4 Å². The summed E-state index contributed by atoms with van der Waals surface area (Å²) in [7, 11) is 1.58. The molecule has 2 heterocycles. The molecule has 0 bridgehead atoms. The zero-order valence-electron chi connectivity index (χ0n) is 12.7. The van der Waals surface area contributed by atoms with Crippen LogP contribution in [0.15, 0.2) is 34.3 Å². The van der Waals surface area contributed by atoms with Crippen LogP contribution in [0.1, 0.15) is 5.56 Å². The molecule has 8 heteroatoms. The maximum atomic E-state index is 12.8. The van der Waals surface area contributed by atoms with Gasteiger partial charge in [0.25, 0.3) is 5.56 Å². The second kappa shape index (κ2) is 6.17. The summed E-state index contributed by atoms with van der Waals surface area (Å²) in [5, 5.41) is 0.898. The molecule has 0 saturated carbocycles. The molecule has 0 fully saturated rings. The minimum Gasteiger partial charge on any atom is -0.496 e. The number of fused-ring (bicyclic) bond motifs is 1. The van der Waals surface area contributed by atoms with Crippen molar-refractivity contribution in [1.82, 2.24) is 19.5 Å². The molecule has 6 nitrogen and oxygen atoms in total. The summed E-state index contributed by atoms with van der Waals surface area (Å²) < 4.78 is 6.64. The number of nitrogens with zero attached hydrogens (tertiary/aromatic N) is 4. The third-order valence-corrected chi connectivity index (χ3v) is 4.28. The average molecular weight is 349 g/mol. The van der Waals surface area contributed by atoms with Crippen molar-refractivity contribution < 1.29 is 4.74 Å². The molecule has 0 atom stereocenters. The zero-order chi connectivity index (χ0) is 16.6. The van der Waals surface area contributed by atoms with Crippen LogP contribution in [0.25, 0.3) is 16.7 Å². The lowest BCUT2D eigenvalue weighted by molar-refractivity contribution is 0.411. The second-order valence-electron chi connectivity index (χ2n) is 4.72. The molecule has 2 aromatic heterocycles. The SMILES string of the molecule is COc1cccc(-n2c(Cl)nc3nc(SC)ncc3c2=O)c1C. The van der Waals surface area contributed by atoms with Crippen molar-refractivity contribution in [1.29, 1.82) is 0 Å². The third kappa shape index (κ3) is 2.66. The molecule has 1 aromatic carbocycles. The number of thioether (sulfide) groups is 1. The highest BCUT2D eigenvalue weighted by atomic mass is 35.5. The molecular formula is C15H13ClN4O2S. The van der Waals surface area contributed by atoms with Crippen molar-refractivity contribution in [3.05, 3.63) is 45.6 Å². The van der Waals surface area contributed by atoms with Crippen molar-refractivity contribution in [2.45, 2.75) is 12.1 Å². The van der Waals surface area contributed by atoms with E-state index < -0.39 is 0 Å². The highest BCUT2D eigenvalue weighted by molar-refractivity contribution is 7.98. The largest absolute Gasteiger partial charge is 0.496 e. The summed E-state index contributed by atoms with van der Waals surface area (Å²) in [5.74, 6) is 0.666. The van der Waals surface area contributed by atoms with E-state index in [0.29, 0.717) is 22.0 Å². The summed E-state index contributed by atoms with van der Waals surface area (Å²) in [6.45, 7) is 1.86. The summed E-state index contributed by atoms with van der Waals surface area (Å²) in [6.07, 6.45) is 3.33. The normalized spacial score (nSPS) is 11.0. The van der Waals surface area contributed by atoms with Gasteiger partial charge in [0.15, 0.2) is 10.8 Å². The molecule has 0 aliphatic rings. The number of benzene rings is 1. The van der Waals surface area contributed by atoms with Gasteiger partial charge in [-0.2, -0.15) is 4.98 Å². The van der Waals surface area contributed by atoms with E-state index in [2.05, 4.69) is 15.0 Å². The first-order chi connectivity index (χ1) is 11.1. The molecule has 0 unspecified atom stereocenters. The Kier molecular flexibility index (Phi) is 4.23. The summed E-state index contributed by atoms with van der Waals surface area (Å²) >= 11 is 7.62. The maximum absolute atomic E-state index is 12.8. The molecule has 0 saturated heterocycles. The van der Waals surface area contributed by atoms with Crippen LogP contribution in [0.2, 0.25) is 5.28 Å². The lowest BCUT2D eigenvalue weighted by Gasteiger charge is -2.14. The summed E-state index contributed by atoms with van der Waals surface area (Å²) in [5.41, 5.74) is 1.38. The van der Waals surface area contributed by atoms with Gasteiger partial charge in [-0.25, -0.2) is 9.97 Å². The second-order valence-corrected chi connectivity index (χ2v) is 5.83. The first-order valence-corrected chi connectivity index (χ1v) is 8.30. The van der Waals surface area contributed by atoms with Crippen LogP contribution in [0.3, 0.4) is 0 Å². The molecule has 3 rings (SSSR count). The van der Waals surface area contributed by atoms with E-state index in [1.165, 1.54) is 22.5 Å². The Bertz CT molecular complexity index is 958. The highest BCUT2D eigenvalue weighted by Gasteiger charge is 2.16. The molecule has 0 aliphatic carbocycles. The van der Waals surface area contributed by atoms with E-state index in [1.54, 1.807) is 19.2 Å². The number of hydrogen-bond acceptors (Lipinski definition) is 6. The number of rotatable bonds is 3. The van der Waals surface area contributed by atoms with Crippen LogP contribution in [0.4, 0.5) is 0 Å². The predicted molar refractivity (Wildman–Crippen MR) is 91.0 cm³/mol. The van der Waals surface area contributed by atoms with Gasteiger partial charge >= 0.3 is 0 Å². The van der Waals surface area contributed by atoms with Gasteiger partial charge in [0.2, 0.25) is 5.28 Å². The fourth-order valence-electron chi connectivity index (χ4n) is 2.31. The fraction of sp³-hybridized carbons (Fsp3) is 0.200. The number of aromatic nitrogens is 4. The monoisotopic (exact) mass is 348 g/mol. The van der Waals surface area contributed by atoms with Gasteiger partial charge in [0.05, 0.1) is 12.8 Å². The number of ether oxygens (including phenoxy) is 1. The number of hydrogen-bond donors (Lipinski definition) is 0. The lowest BCUT2D eigenvalue weighted by Crippen LogP contribution is -2.22. The van der Waals surface area contributed by atoms with Crippen LogP contribution >= 0.6 is 23.4 Å². The van der Waals surface area contributed by atoms with E-state index >= 15 is 0 Å². The molecule has 0 amide bonds. The molecule has 0 aliphatic heterocycles. The maximum Gasteiger partial charge on any atom is 0.270 e. The van der Waals surface area contributed by atoms with Gasteiger partial charge in [-0.1, -0.05) is 17.8 Å². The number of halogens is 1. The first-order valence-electron chi connectivity index (χ1n) is 6.70. The Balaban J connectivity index is 2.33. The standard InChI is InChI=1S/C15H13ClN4O2S/c1-8-10(5-4-6-11(8)22-2)20-13(21)9-7-17-15(23-3)19-12(9)18-14(20)16/h4-7H,1-3H3. The predicted octanol–water partition coefficient (Wildman–Crippen LogP) is 2.87. The molecule has 23 heavy (non-hydrogen) atoms. The Morgan fingerprint density at radius 3 is 2.78 bits per heavy atom. The van der Waals surface area contributed by atoms with Crippen molar-refractivity contribution in [3.63, 3.8) is 0 Å². The van der Waals surface area contributed by atoms with E-state index in [4.69, 9.17) is 16.3 Å². The van der Waals surface area contributed by atoms with Crippen molar-refractivity contribution in [2.24, 2.45) is 0 Å². The van der Waals surface area contributed by atoms with Gasteiger partial charge < -0.3 is 4.74 Å². The van der Waals surface area contributed by atoms with Crippen LogP contribution in [-0.2, 0) is 0 Å². The minimum atomic E-state index is -0.316. The van der Waals surface area contributed by atoms with Gasteiger partial charge in [0, 0.05) is 11.8 Å². The van der Waals surface area contributed by atoms with Gasteiger partial charge in [-0.3, -0.25) is 9.36 Å². The first kappa shape index (κ1) is 15.8. The summed E-state index contributed by atoms with van der Waals surface area (Å²) in [4.78, 5) is 25.4. The minimum absolute atomic E-state index is 0.0459. The Labute approximate surface area is 141 Å². The molecule has 0 N–H and O–H groups in total. The van der Waals surface area contributed by atoms with E-state index in [9.17, 15) is 4.79 Å². The van der Waals surface area contributed by atoms with Crippen LogP contribution < -0.4 is 10.3 Å². The molecular weight excluding hydrogens is 336 g/mol. The number of methoxy groups -OCH3 is 1. The summed E-state index contributed by atoms with van der Waals surface area (Å²) in [6, 6.07) is 5.40. The van der Waals surface area contributed by atoms with Crippen molar-refractivity contribution in [3.8, 4) is 11.4 Å². The van der Waals surface area contributed by atoms with Crippen LogP contribution in [0.5, 0.6) is 5.75 Å². The van der Waals surface area contributed by atoms with Crippen LogP contribution in [0, 0.1) is 6.92 Å². The average Bonchev–Trinajstić information content (AvgIpc) is 2.55. The topological polar surface area (TPSA) is 69.9 Å². The van der Waals surface area contributed by atoms with Gasteiger partial charge in [0.1, 0.15) is 11.1 Å². The molecule has 0 spiro atoms. The highest BCUT2D eigenvalue weighted by Crippen LogP contribution is 2.25.